The lowest BCUT2D eigenvalue weighted by molar-refractivity contribution is 0.0894. The van der Waals surface area contributed by atoms with E-state index in [0.29, 0.717) is 6.04 Å². The van der Waals surface area contributed by atoms with Gasteiger partial charge in [-0.3, -0.25) is 9.58 Å². The molecule has 0 spiro atoms. The van der Waals surface area contributed by atoms with Crippen LogP contribution in [0.4, 0.5) is 0 Å². The lowest BCUT2D eigenvalue weighted by Crippen LogP contribution is -2.47. The molecule has 1 aliphatic heterocycles. The van der Waals surface area contributed by atoms with Gasteiger partial charge in [0.1, 0.15) is 0 Å². The summed E-state index contributed by atoms with van der Waals surface area (Å²) in [5, 5.41) is 12.6. The first kappa shape index (κ1) is 9.53. The van der Waals surface area contributed by atoms with Gasteiger partial charge in [-0.15, -0.1) is 0 Å². The zero-order chi connectivity index (χ0) is 11.0. The minimum atomic E-state index is 0.520. The lowest BCUT2D eigenvalue weighted by Gasteiger charge is -2.38. The highest BCUT2D eigenvalue weighted by Gasteiger charge is 2.28. The molecule has 3 rings (SSSR count). The average Bonchev–Trinajstić information content (AvgIpc) is 2.82. The molecule has 0 atom stereocenters. The second kappa shape index (κ2) is 3.71. The van der Waals surface area contributed by atoms with Gasteiger partial charge in [-0.25, -0.2) is 0 Å². The molecule has 0 aromatic carbocycles. The maximum Gasteiger partial charge on any atom is 0.0967 e. The van der Waals surface area contributed by atoms with Crippen molar-refractivity contribution in [1.82, 2.24) is 29.7 Å². The van der Waals surface area contributed by atoms with Crippen molar-refractivity contribution in [2.24, 2.45) is 7.05 Å². The van der Waals surface area contributed by atoms with Crippen molar-refractivity contribution in [2.75, 3.05) is 13.1 Å². The number of nitrogens with zero attached hydrogens (tertiary/aromatic N) is 6. The molecule has 0 bridgehead atoms. The third kappa shape index (κ3) is 1.71. The molecule has 0 N–H and O–H groups in total. The number of aryl methyl sites for hydroxylation is 1. The van der Waals surface area contributed by atoms with E-state index in [9.17, 15) is 0 Å². The highest BCUT2D eigenvalue weighted by molar-refractivity contribution is 4.96. The molecule has 84 valence electrons. The van der Waals surface area contributed by atoms with Gasteiger partial charge in [0.05, 0.1) is 17.9 Å². The maximum atomic E-state index is 4.26. The van der Waals surface area contributed by atoms with Crippen molar-refractivity contribution >= 4 is 0 Å². The smallest absolute Gasteiger partial charge is 0.0967 e. The van der Waals surface area contributed by atoms with E-state index < -0.39 is 0 Å². The van der Waals surface area contributed by atoms with Crippen molar-refractivity contribution < 1.29 is 0 Å². The van der Waals surface area contributed by atoms with Crippen LogP contribution in [0, 0.1) is 0 Å². The number of aromatic nitrogens is 5. The molecule has 16 heavy (non-hydrogen) atoms. The highest BCUT2D eigenvalue weighted by Crippen LogP contribution is 2.21. The molecule has 0 saturated carbocycles. The second-order valence-electron chi connectivity index (χ2n) is 4.16. The Bertz CT molecular complexity index is 453. The normalized spacial score (nSPS) is 17.6. The lowest BCUT2D eigenvalue weighted by atomic mass is 10.1. The molecule has 3 heterocycles. The second-order valence-corrected chi connectivity index (χ2v) is 4.16. The van der Waals surface area contributed by atoms with Gasteiger partial charge in [0.15, 0.2) is 0 Å². The maximum absolute atomic E-state index is 4.26. The Hall–Kier alpha value is -1.69. The minimum absolute atomic E-state index is 0.520. The number of rotatable bonds is 3. The van der Waals surface area contributed by atoms with Crippen LogP contribution in [0.15, 0.2) is 24.7 Å². The summed E-state index contributed by atoms with van der Waals surface area (Å²) in [5.74, 6) is 0. The molecule has 1 aliphatic rings. The molecular formula is C10H14N6. The summed E-state index contributed by atoms with van der Waals surface area (Å²) in [5.41, 5.74) is 1.03. The van der Waals surface area contributed by atoms with Gasteiger partial charge in [0, 0.05) is 39.1 Å². The third-order valence-corrected chi connectivity index (χ3v) is 2.87. The summed E-state index contributed by atoms with van der Waals surface area (Å²) >= 11 is 0. The van der Waals surface area contributed by atoms with E-state index in [4.69, 9.17) is 0 Å². The molecule has 0 radical (unpaired) electrons. The van der Waals surface area contributed by atoms with E-state index >= 15 is 0 Å². The Labute approximate surface area is 93.5 Å². The van der Waals surface area contributed by atoms with Crippen LogP contribution >= 0.6 is 0 Å². The molecule has 1 fully saturated rings. The van der Waals surface area contributed by atoms with E-state index in [2.05, 4.69) is 20.2 Å². The van der Waals surface area contributed by atoms with Crippen LogP contribution in [0.5, 0.6) is 0 Å². The van der Waals surface area contributed by atoms with Gasteiger partial charge in [-0.05, 0) is 6.07 Å². The zero-order valence-corrected chi connectivity index (χ0v) is 9.19. The Morgan fingerprint density at radius 2 is 2.25 bits per heavy atom. The van der Waals surface area contributed by atoms with Gasteiger partial charge >= 0.3 is 0 Å². The topological polar surface area (TPSA) is 51.8 Å². The molecule has 1 saturated heterocycles. The van der Waals surface area contributed by atoms with Crippen LogP contribution < -0.4 is 0 Å². The summed E-state index contributed by atoms with van der Waals surface area (Å²) < 4.78 is 2.02. The van der Waals surface area contributed by atoms with E-state index in [1.165, 1.54) is 0 Å². The highest BCUT2D eigenvalue weighted by atomic mass is 15.5. The predicted octanol–water partition coefficient (Wildman–Crippen LogP) is 0.0685. The Morgan fingerprint density at radius 1 is 1.38 bits per heavy atom. The summed E-state index contributed by atoms with van der Waals surface area (Å²) in [4.78, 5) is 3.94. The van der Waals surface area contributed by atoms with Crippen LogP contribution in [0.25, 0.3) is 0 Å². The fourth-order valence-electron chi connectivity index (χ4n) is 2.02. The van der Waals surface area contributed by atoms with Crippen LogP contribution in [0.1, 0.15) is 11.7 Å². The Kier molecular flexibility index (Phi) is 2.21. The van der Waals surface area contributed by atoms with E-state index in [0.717, 1.165) is 25.3 Å². The molecule has 6 nitrogen and oxygen atoms in total. The molecule has 0 amide bonds. The first-order chi connectivity index (χ1) is 7.81. The Morgan fingerprint density at radius 3 is 2.88 bits per heavy atom. The number of hydrogen-bond acceptors (Lipinski definition) is 4. The third-order valence-electron chi connectivity index (χ3n) is 2.87. The average molecular weight is 218 g/mol. The van der Waals surface area contributed by atoms with E-state index in [1.54, 1.807) is 4.80 Å². The standard InChI is InChI=1S/C10H14N6/c1-14-12-5-9(13-14)6-15-7-10(8-15)16-4-2-3-11-16/h2-5,10H,6-8H2,1H3. The van der Waals surface area contributed by atoms with Crippen molar-refractivity contribution in [3.8, 4) is 0 Å². The largest absolute Gasteiger partial charge is 0.293 e. The first-order valence-electron chi connectivity index (χ1n) is 5.38. The SMILES string of the molecule is Cn1ncc(CN2CC(n3cccn3)C2)n1. The molecule has 0 unspecified atom stereocenters. The molecule has 2 aromatic heterocycles. The summed E-state index contributed by atoms with van der Waals surface area (Å²) in [7, 11) is 1.84. The van der Waals surface area contributed by atoms with Crippen molar-refractivity contribution in [3.05, 3.63) is 30.4 Å². The number of hydrogen-bond donors (Lipinski definition) is 0. The fraction of sp³-hybridized carbons (Fsp3) is 0.500. The van der Waals surface area contributed by atoms with Crippen LogP contribution in [-0.2, 0) is 13.6 Å². The van der Waals surface area contributed by atoms with Crippen LogP contribution in [0.3, 0.4) is 0 Å². The fourth-order valence-corrected chi connectivity index (χ4v) is 2.02. The van der Waals surface area contributed by atoms with Crippen molar-refractivity contribution in [2.45, 2.75) is 12.6 Å². The molecule has 2 aromatic rings. The Balaban J connectivity index is 1.54. The number of likely N-dealkylation sites (tertiary alicyclic amines) is 1. The summed E-state index contributed by atoms with van der Waals surface area (Å²) in [6, 6.07) is 2.48. The van der Waals surface area contributed by atoms with Crippen LogP contribution in [-0.4, -0.2) is 42.8 Å². The minimum Gasteiger partial charge on any atom is -0.293 e. The monoisotopic (exact) mass is 218 g/mol. The summed E-state index contributed by atoms with van der Waals surface area (Å²) in [6.45, 7) is 2.96. The van der Waals surface area contributed by atoms with Crippen molar-refractivity contribution in [1.29, 1.82) is 0 Å². The van der Waals surface area contributed by atoms with E-state index in [1.807, 2.05) is 36.4 Å². The van der Waals surface area contributed by atoms with Crippen LogP contribution in [0.2, 0.25) is 0 Å². The van der Waals surface area contributed by atoms with E-state index in [-0.39, 0.29) is 0 Å². The quantitative estimate of drug-likeness (QED) is 0.731. The van der Waals surface area contributed by atoms with Gasteiger partial charge < -0.3 is 0 Å². The zero-order valence-electron chi connectivity index (χ0n) is 9.19. The molecule has 0 aliphatic carbocycles. The summed E-state index contributed by atoms with van der Waals surface area (Å²) in [6.07, 6.45) is 5.66. The van der Waals surface area contributed by atoms with Gasteiger partial charge in [-0.2, -0.15) is 20.1 Å². The molecule has 6 heteroatoms. The predicted molar refractivity (Wildman–Crippen MR) is 57.5 cm³/mol. The van der Waals surface area contributed by atoms with Gasteiger partial charge in [0.25, 0.3) is 0 Å². The first-order valence-corrected chi connectivity index (χ1v) is 5.38. The van der Waals surface area contributed by atoms with Crippen molar-refractivity contribution in [3.63, 3.8) is 0 Å². The van der Waals surface area contributed by atoms with Gasteiger partial charge in [-0.1, -0.05) is 0 Å². The van der Waals surface area contributed by atoms with Gasteiger partial charge in [0.2, 0.25) is 0 Å². The molecular weight excluding hydrogens is 204 g/mol.